The van der Waals surface area contributed by atoms with Gasteiger partial charge in [-0.3, -0.25) is 4.79 Å². The van der Waals surface area contributed by atoms with Gasteiger partial charge < -0.3 is 4.18 Å². The first-order valence-electron chi connectivity index (χ1n) is 8.47. The van der Waals surface area contributed by atoms with Gasteiger partial charge in [0.15, 0.2) is 5.78 Å². The number of benzene rings is 3. The maximum Gasteiger partial charge on any atom is 0.339 e. The van der Waals surface area contributed by atoms with Gasteiger partial charge in [0.2, 0.25) is 0 Å². The van der Waals surface area contributed by atoms with Crippen LogP contribution in [-0.4, -0.2) is 14.2 Å². The Morgan fingerprint density at radius 2 is 1.52 bits per heavy atom. The minimum Gasteiger partial charge on any atom is -0.379 e. The highest BCUT2D eigenvalue weighted by Gasteiger charge is 2.23. The van der Waals surface area contributed by atoms with Crippen molar-refractivity contribution in [1.82, 2.24) is 0 Å². The van der Waals surface area contributed by atoms with Crippen LogP contribution in [0.15, 0.2) is 83.8 Å². The normalized spacial score (nSPS) is 12.6. The summed E-state index contributed by atoms with van der Waals surface area (Å²) < 4.78 is 30.7. The second kappa shape index (κ2) is 6.85. The highest BCUT2D eigenvalue weighted by molar-refractivity contribution is 7.87. The largest absolute Gasteiger partial charge is 0.379 e. The Morgan fingerprint density at radius 3 is 2.26 bits per heavy atom. The Kier molecular flexibility index (Phi) is 4.38. The van der Waals surface area contributed by atoms with Gasteiger partial charge in [-0.15, -0.1) is 0 Å². The fourth-order valence-corrected chi connectivity index (χ4v) is 4.29. The molecule has 3 aromatic carbocycles. The molecule has 4 nitrogen and oxygen atoms in total. The van der Waals surface area contributed by atoms with Gasteiger partial charge in [-0.25, -0.2) is 0 Å². The number of hydrogen-bond donors (Lipinski definition) is 0. The van der Waals surface area contributed by atoms with Crippen LogP contribution in [0.3, 0.4) is 0 Å². The summed E-state index contributed by atoms with van der Waals surface area (Å²) in [5.74, 6) is 0.0418. The van der Waals surface area contributed by atoms with Crippen molar-refractivity contribution in [1.29, 1.82) is 0 Å². The van der Waals surface area contributed by atoms with Crippen molar-refractivity contribution in [3.05, 3.63) is 101 Å². The molecule has 0 aliphatic heterocycles. The third-order valence-electron chi connectivity index (χ3n) is 4.42. The van der Waals surface area contributed by atoms with Crippen LogP contribution in [0.25, 0.3) is 6.08 Å². The first kappa shape index (κ1) is 17.2. The highest BCUT2D eigenvalue weighted by Crippen LogP contribution is 2.28. The Bertz CT molecular complexity index is 1130. The molecule has 0 atom stereocenters. The molecule has 0 aromatic heterocycles. The summed E-state index contributed by atoms with van der Waals surface area (Å²) in [4.78, 5) is 12.6. The predicted molar refractivity (Wildman–Crippen MR) is 103 cm³/mol. The van der Waals surface area contributed by atoms with Gasteiger partial charge in [0.05, 0.1) is 0 Å². The third kappa shape index (κ3) is 3.41. The van der Waals surface area contributed by atoms with Crippen molar-refractivity contribution in [3.63, 3.8) is 0 Å². The molecule has 0 saturated heterocycles. The maximum atomic E-state index is 12.7. The summed E-state index contributed by atoms with van der Waals surface area (Å²) in [6.07, 6.45) is 4.39. The summed E-state index contributed by atoms with van der Waals surface area (Å²) in [5.41, 5.74) is 2.68. The third-order valence-corrected chi connectivity index (χ3v) is 5.75. The van der Waals surface area contributed by atoms with Crippen molar-refractivity contribution in [2.24, 2.45) is 0 Å². The topological polar surface area (TPSA) is 60.4 Å². The zero-order chi connectivity index (χ0) is 18.9. The van der Waals surface area contributed by atoms with Crippen LogP contribution in [-0.2, 0) is 16.5 Å². The minimum atomic E-state index is -3.95. The monoisotopic (exact) mass is 376 g/mol. The highest BCUT2D eigenvalue weighted by atomic mass is 32.2. The lowest BCUT2D eigenvalue weighted by atomic mass is 10.0. The van der Waals surface area contributed by atoms with E-state index in [1.807, 2.05) is 24.3 Å². The zero-order valence-corrected chi connectivity index (χ0v) is 15.1. The van der Waals surface area contributed by atoms with E-state index in [4.69, 9.17) is 4.18 Å². The van der Waals surface area contributed by atoms with Gasteiger partial charge in [0.25, 0.3) is 0 Å². The second-order valence-electron chi connectivity index (χ2n) is 6.19. The fraction of sp³-hybridized carbons (Fsp3) is 0.0455. The molecule has 3 aromatic rings. The molecule has 1 aliphatic rings. The molecule has 0 bridgehead atoms. The van der Waals surface area contributed by atoms with Crippen LogP contribution in [0.1, 0.15) is 27.0 Å². The molecule has 0 saturated carbocycles. The molecule has 4 rings (SSSR count). The molecule has 27 heavy (non-hydrogen) atoms. The van der Waals surface area contributed by atoms with Crippen molar-refractivity contribution in [2.75, 3.05) is 0 Å². The molecule has 0 spiro atoms. The van der Waals surface area contributed by atoms with Gasteiger partial charge in [-0.2, -0.15) is 8.42 Å². The summed E-state index contributed by atoms with van der Waals surface area (Å²) in [6.45, 7) is 0. The van der Waals surface area contributed by atoms with Crippen molar-refractivity contribution in [3.8, 4) is 5.75 Å². The van der Waals surface area contributed by atoms with Gasteiger partial charge in [0.1, 0.15) is 10.6 Å². The average molecular weight is 376 g/mol. The first-order valence-corrected chi connectivity index (χ1v) is 9.88. The standard InChI is InChI=1S/C22H16O4S/c23-22(17-6-2-1-3-7-17)18-12-14-19(15-13-18)26-27(24,25)21-11-5-9-16-8-4-10-20(16)21/h1-9,11-15H,10H2. The van der Waals surface area contributed by atoms with Crippen molar-refractivity contribution in [2.45, 2.75) is 11.3 Å². The Hall–Kier alpha value is -3.18. The predicted octanol–water partition coefficient (Wildman–Crippen LogP) is 4.25. The van der Waals surface area contributed by atoms with E-state index in [1.54, 1.807) is 48.5 Å². The molecule has 0 radical (unpaired) electrons. The summed E-state index contributed by atoms with van der Waals surface area (Å²) >= 11 is 0. The number of carbonyl (C=O) groups excluding carboxylic acids is 1. The Labute approximate surface area is 157 Å². The lowest BCUT2D eigenvalue weighted by Gasteiger charge is -2.11. The van der Waals surface area contributed by atoms with Crippen LogP contribution in [0, 0.1) is 0 Å². The van der Waals surface area contributed by atoms with Gasteiger partial charge in [-0.1, -0.05) is 54.6 Å². The smallest absolute Gasteiger partial charge is 0.339 e. The molecule has 0 amide bonds. The van der Waals surface area contributed by atoms with Gasteiger partial charge in [-0.05, 0) is 47.9 Å². The van der Waals surface area contributed by atoms with Crippen molar-refractivity contribution < 1.29 is 17.4 Å². The van der Waals surface area contributed by atoms with E-state index < -0.39 is 10.1 Å². The number of hydrogen-bond acceptors (Lipinski definition) is 4. The number of allylic oxidation sites excluding steroid dienone is 1. The number of ketones is 1. The van der Waals surface area contributed by atoms with Crippen LogP contribution < -0.4 is 4.18 Å². The SMILES string of the molecule is O=C(c1ccccc1)c1ccc(OS(=O)(=O)c2cccc3c2CC=C3)cc1. The fourth-order valence-electron chi connectivity index (χ4n) is 3.08. The molecule has 134 valence electrons. The first-order chi connectivity index (χ1) is 13.0. The molecule has 0 unspecified atom stereocenters. The van der Waals surface area contributed by atoms with Crippen LogP contribution in [0.4, 0.5) is 0 Å². The number of fused-ring (bicyclic) bond motifs is 1. The summed E-state index contributed by atoms with van der Waals surface area (Å²) in [7, 11) is -3.95. The molecule has 0 N–H and O–H groups in total. The Morgan fingerprint density at radius 1 is 0.815 bits per heavy atom. The minimum absolute atomic E-state index is 0.128. The molecular weight excluding hydrogens is 360 g/mol. The molecule has 0 heterocycles. The van der Waals surface area contributed by atoms with Crippen molar-refractivity contribution >= 4 is 22.0 Å². The van der Waals surface area contributed by atoms with E-state index in [9.17, 15) is 13.2 Å². The van der Waals surface area contributed by atoms with Crippen LogP contribution in [0.2, 0.25) is 0 Å². The summed E-state index contributed by atoms with van der Waals surface area (Å²) in [6, 6.07) is 20.2. The number of rotatable bonds is 5. The maximum absolute atomic E-state index is 12.7. The average Bonchev–Trinajstić information content (AvgIpc) is 3.17. The Balaban J connectivity index is 1.57. The quantitative estimate of drug-likeness (QED) is 0.493. The van der Waals surface area contributed by atoms with Crippen LogP contribution in [0.5, 0.6) is 5.75 Å². The second-order valence-corrected chi connectivity index (χ2v) is 7.70. The van der Waals surface area contributed by atoms with Gasteiger partial charge >= 0.3 is 10.1 Å². The lowest BCUT2D eigenvalue weighted by molar-refractivity contribution is 0.103. The molecule has 0 fully saturated rings. The molecule has 1 aliphatic carbocycles. The van der Waals surface area contributed by atoms with E-state index in [0.717, 1.165) is 11.1 Å². The lowest BCUT2D eigenvalue weighted by Crippen LogP contribution is -2.12. The van der Waals surface area contributed by atoms with E-state index in [1.165, 1.54) is 12.1 Å². The van der Waals surface area contributed by atoms with E-state index in [0.29, 0.717) is 17.5 Å². The molecule has 5 heteroatoms. The number of carbonyl (C=O) groups is 1. The molecular formula is C22H16O4S. The van der Waals surface area contributed by atoms with E-state index in [2.05, 4.69) is 0 Å². The summed E-state index contributed by atoms with van der Waals surface area (Å²) in [5, 5.41) is 0. The van der Waals surface area contributed by atoms with E-state index >= 15 is 0 Å². The van der Waals surface area contributed by atoms with Gasteiger partial charge in [0, 0.05) is 11.1 Å². The zero-order valence-electron chi connectivity index (χ0n) is 14.3. The van der Waals surface area contributed by atoms with Crippen LogP contribution >= 0.6 is 0 Å². The van der Waals surface area contributed by atoms with E-state index in [-0.39, 0.29) is 16.4 Å².